The lowest BCUT2D eigenvalue weighted by Gasteiger charge is -2.19. The van der Waals surface area contributed by atoms with Crippen LogP contribution >= 0.6 is 11.3 Å². The predicted octanol–water partition coefficient (Wildman–Crippen LogP) is 1.99. The summed E-state index contributed by atoms with van der Waals surface area (Å²) in [5.41, 5.74) is 0. The standard InChI is InChI=1S/C11H19NOS/c1-2-6-12(8-9-13)7-5-11-4-3-10-14-11/h3-4,10,13H,2,5-9H2,1H3. The smallest absolute Gasteiger partial charge is 0.0558 e. The maximum Gasteiger partial charge on any atom is 0.0558 e. The lowest BCUT2D eigenvalue weighted by Crippen LogP contribution is -2.29. The molecule has 0 saturated carbocycles. The summed E-state index contributed by atoms with van der Waals surface area (Å²) in [7, 11) is 0. The first-order valence-electron chi connectivity index (χ1n) is 5.22. The van der Waals surface area contributed by atoms with Gasteiger partial charge in [-0.15, -0.1) is 11.3 Å². The molecule has 0 fully saturated rings. The molecule has 0 aliphatic carbocycles. The minimum Gasteiger partial charge on any atom is -0.395 e. The van der Waals surface area contributed by atoms with Crippen LogP contribution in [0.25, 0.3) is 0 Å². The molecule has 14 heavy (non-hydrogen) atoms. The lowest BCUT2D eigenvalue weighted by atomic mass is 10.3. The van der Waals surface area contributed by atoms with Gasteiger partial charge in [-0.3, -0.25) is 0 Å². The largest absolute Gasteiger partial charge is 0.395 e. The zero-order valence-corrected chi connectivity index (χ0v) is 9.59. The van der Waals surface area contributed by atoms with E-state index in [1.807, 2.05) is 11.3 Å². The van der Waals surface area contributed by atoms with E-state index in [1.165, 1.54) is 4.88 Å². The van der Waals surface area contributed by atoms with Gasteiger partial charge in [-0.1, -0.05) is 13.0 Å². The maximum absolute atomic E-state index is 8.88. The third kappa shape index (κ3) is 4.22. The minimum atomic E-state index is 0.268. The van der Waals surface area contributed by atoms with E-state index in [9.17, 15) is 0 Å². The zero-order chi connectivity index (χ0) is 10.2. The third-order valence-electron chi connectivity index (χ3n) is 2.21. The van der Waals surface area contributed by atoms with Gasteiger partial charge in [-0.05, 0) is 30.8 Å². The fraction of sp³-hybridized carbons (Fsp3) is 0.636. The topological polar surface area (TPSA) is 23.5 Å². The van der Waals surface area contributed by atoms with Gasteiger partial charge in [0.25, 0.3) is 0 Å². The van der Waals surface area contributed by atoms with Crippen molar-refractivity contribution in [2.45, 2.75) is 19.8 Å². The number of aliphatic hydroxyl groups is 1. The number of hydrogen-bond donors (Lipinski definition) is 1. The highest BCUT2D eigenvalue weighted by Gasteiger charge is 2.03. The number of nitrogens with zero attached hydrogens (tertiary/aromatic N) is 1. The summed E-state index contributed by atoms with van der Waals surface area (Å²) in [6.07, 6.45) is 2.27. The summed E-state index contributed by atoms with van der Waals surface area (Å²) in [5.74, 6) is 0. The molecule has 1 aromatic rings. The molecule has 3 heteroatoms. The fourth-order valence-electron chi connectivity index (χ4n) is 1.52. The van der Waals surface area contributed by atoms with Crippen molar-refractivity contribution in [1.82, 2.24) is 4.90 Å². The van der Waals surface area contributed by atoms with Crippen LogP contribution in [0.2, 0.25) is 0 Å². The van der Waals surface area contributed by atoms with Crippen LogP contribution < -0.4 is 0 Å². The Bertz CT molecular complexity index is 217. The maximum atomic E-state index is 8.88. The van der Waals surface area contributed by atoms with Crippen LogP contribution in [0, 0.1) is 0 Å². The molecule has 0 radical (unpaired) electrons. The van der Waals surface area contributed by atoms with Crippen molar-refractivity contribution < 1.29 is 5.11 Å². The van der Waals surface area contributed by atoms with Gasteiger partial charge in [0.05, 0.1) is 6.61 Å². The monoisotopic (exact) mass is 213 g/mol. The number of thiophene rings is 1. The molecule has 0 amide bonds. The molecule has 0 saturated heterocycles. The van der Waals surface area contributed by atoms with Crippen molar-refractivity contribution in [3.8, 4) is 0 Å². The summed E-state index contributed by atoms with van der Waals surface area (Å²) in [4.78, 5) is 3.75. The van der Waals surface area contributed by atoms with Gasteiger partial charge in [0, 0.05) is 18.0 Å². The van der Waals surface area contributed by atoms with Crippen LogP contribution in [0.1, 0.15) is 18.2 Å². The van der Waals surface area contributed by atoms with Gasteiger partial charge in [-0.25, -0.2) is 0 Å². The van der Waals surface area contributed by atoms with Gasteiger partial charge < -0.3 is 10.0 Å². The van der Waals surface area contributed by atoms with E-state index in [-0.39, 0.29) is 6.61 Å². The van der Waals surface area contributed by atoms with Crippen LogP contribution in [-0.2, 0) is 6.42 Å². The number of hydrogen-bond acceptors (Lipinski definition) is 3. The Morgan fingerprint density at radius 2 is 2.21 bits per heavy atom. The summed E-state index contributed by atoms with van der Waals surface area (Å²) < 4.78 is 0. The Kier molecular flexibility index (Phi) is 5.83. The Morgan fingerprint density at radius 1 is 1.36 bits per heavy atom. The summed E-state index contributed by atoms with van der Waals surface area (Å²) in [5, 5.41) is 11.0. The molecule has 0 aliphatic rings. The molecule has 0 unspecified atom stereocenters. The quantitative estimate of drug-likeness (QED) is 0.749. The molecule has 1 aromatic heterocycles. The molecule has 0 spiro atoms. The molecule has 1 N–H and O–H groups in total. The summed E-state index contributed by atoms with van der Waals surface area (Å²) >= 11 is 1.81. The predicted molar refractivity (Wildman–Crippen MR) is 61.8 cm³/mol. The van der Waals surface area contributed by atoms with Crippen molar-refractivity contribution in [2.24, 2.45) is 0 Å². The Balaban J connectivity index is 2.25. The van der Waals surface area contributed by atoms with E-state index in [2.05, 4.69) is 29.3 Å². The van der Waals surface area contributed by atoms with Crippen LogP contribution in [0.3, 0.4) is 0 Å². The van der Waals surface area contributed by atoms with Crippen molar-refractivity contribution in [3.63, 3.8) is 0 Å². The second kappa shape index (κ2) is 6.98. The molecule has 0 aliphatic heterocycles. The molecule has 1 heterocycles. The SMILES string of the molecule is CCCN(CCO)CCc1cccs1. The molecule has 0 aromatic carbocycles. The Hall–Kier alpha value is -0.380. The van der Waals surface area contributed by atoms with E-state index in [1.54, 1.807) is 0 Å². The number of aliphatic hydroxyl groups excluding tert-OH is 1. The highest BCUT2D eigenvalue weighted by Crippen LogP contribution is 2.09. The fourth-order valence-corrected chi connectivity index (χ4v) is 2.21. The molecular formula is C11H19NOS. The summed E-state index contributed by atoms with van der Waals surface area (Å²) in [6, 6.07) is 4.27. The minimum absolute atomic E-state index is 0.268. The number of rotatable bonds is 7. The highest BCUT2D eigenvalue weighted by atomic mass is 32.1. The highest BCUT2D eigenvalue weighted by molar-refractivity contribution is 7.09. The second-order valence-electron chi connectivity index (χ2n) is 3.39. The van der Waals surface area contributed by atoms with Crippen LogP contribution in [-0.4, -0.2) is 36.2 Å². The van der Waals surface area contributed by atoms with Crippen molar-refractivity contribution in [2.75, 3.05) is 26.2 Å². The van der Waals surface area contributed by atoms with Crippen molar-refractivity contribution in [3.05, 3.63) is 22.4 Å². The molecule has 80 valence electrons. The van der Waals surface area contributed by atoms with Gasteiger partial charge in [0.15, 0.2) is 0 Å². The van der Waals surface area contributed by atoms with Crippen molar-refractivity contribution in [1.29, 1.82) is 0 Å². The summed E-state index contributed by atoms with van der Waals surface area (Å²) in [6.45, 7) is 5.40. The Labute approximate surface area is 90.2 Å². The van der Waals surface area contributed by atoms with Crippen LogP contribution in [0.15, 0.2) is 17.5 Å². The normalized spacial score (nSPS) is 11.1. The first kappa shape index (κ1) is 11.7. The van der Waals surface area contributed by atoms with Crippen LogP contribution in [0.5, 0.6) is 0 Å². The van der Waals surface area contributed by atoms with Gasteiger partial charge in [0.2, 0.25) is 0 Å². The van der Waals surface area contributed by atoms with E-state index < -0.39 is 0 Å². The van der Waals surface area contributed by atoms with Crippen molar-refractivity contribution >= 4 is 11.3 Å². The van der Waals surface area contributed by atoms with E-state index >= 15 is 0 Å². The molecule has 1 rings (SSSR count). The third-order valence-corrected chi connectivity index (χ3v) is 3.15. The van der Waals surface area contributed by atoms with Gasteiger partial charge in [-0.2, -0.15) is 0 Å². The van der Waals surface area contributed by atoms with Crippen LogP contribution in [0.4, 0.5) is 0 Å². The first-order chi connectivity index (χ1) is 6.86. The first-order valence-corrected chi connectivity index (χ1v) is 6.10. The molecular weight excluding hydrogens is 194 g/mol. The molecule has 0 atom stereocenters. The average molecular weight is 213 g/mol. The molecule has 0 bridgehead atoms. The second-order valence-corrected chi connectivity index (χ2v) is 4.43. The molecule has 2 nitrogen and oxygen atoms in total. The van der Waals surface area contributed by atoms with Gasteiger partial charge >= 0.3 is 0 Å². The zero-order valence-electron chi connectivity index (χ0n) is 8.78. The van der Waals surface area contributed by atoms with E-state index in [0.717, 1.165) is 32.5 Å². The lowest BCUT2D eigenvalue weighted by molar-refractivity contribution is 0.197. The van der Waals surface area contributed by atoms with E-state index in [0.29, 0.717) is 0 Å². The average Bonchev–Trinajstić information content (AvgIpc) is 2.67. The Morgan fingerprint density at radius 3 is 2.79 bits per heavy atom. The van der Waals surface area contributed by atoms with Gasteiger partial charge in [0.1, 0.15) is 0 Å². The van der Waals surface area contributed by atoms with E-state index in [4.69, 9.17) is 5.11 Å².